The standard InChI is InChI=1S/C13H19NO2/c1-4-10-14(11(2)13(15)16-3)12-8-6-5-7-9-12/h5-9,11H,4,10H2,1-3H3. The van der Waals surface area contributed by atoms with Crippen LogP contribution in [0.5, 0.6) is 0 Å². The van der Waals surface area contributed by atoms with Crippen molar-refractivity contribution >= 4 is 11.7 Å². The zero-order valence-corrected chi connectivity index (χ0v) is 10.1. The second-order valence-electron chi connectivity index (χ2n) is 3.73. The van der Waals surface area contributed by atoms with E-state index in [9.17, 15) is 4.79 Å². The van der Waals surface area contributed by atoms with Crippen LogP contribution in [0.2, 0.25) is 0 Å². The highest BCUT2D eigenvalue weighted by Crippen LogP contribution is 2.17. The first-order valence-electron chi connectivity index (χ1n) is 5.60. The lowest BCUT2D eigenvalue weighted by Gasteiger charge is -2.29. The number of methoxy groups -OCH3 is 1. The van der Waals surface area contributed by atoms with Crippen LogP contribution >= 0.6 is 0 Å². The molecule has 1 atom stereocenters. The second kappa shape index (κ2) is 6.16. The highest BCUT2D eigenvalue weighted by atomic mass is 16.5. The molecule has 0 saturated heterocycles. The lowest BCUT2D eigenvalue weighted by atomic mass is 10.2. The number of carbonyl (C=O) groups is 1. The van der Waals surface area contributed by atoms with Crippen LogP contribution in [-0.4, -0.2) is 25.7 Å². The van der Waals surface area contributed by atoms with Crippen molar-refractivity contribution in [3.8, 4) is 0 Å². The molecular formula is C13H19NO2. The van der Waals surface area contributed by atoms with E-state index >= 15 is 0 Å². The van der Waals surface area contributed by atoms with E-state index < -0.39 is 0 Å². The average Bonchev–Trinajstić information content (AvgIpc) is 2.35. The minimum absolute atomic E-state index is 0.197. The predicted molar refractivity (Wildman–Crippen MR) is 65.6 cm³/mol. The molecule has 1 unspecified atom stereocenters. The molecule has 0 amide bonds. The minimum atomic E-state index is -0.243. The van der Waals surface area contributed by atoms with Gasteiger partial charge in [-0.05, 0) is 25.5 Å². The molecule has 0 bridgehead atoms. The minimum Gasteiger partial charge on any atom is -0.467 e. The van der Waals surface area contributed by atoms with Crippen LogP contribution < -0.4 is 4.90 Å². The summed E-state index contributed by atoms with van der Waals surface area (Å²) < 4.78 is 4.78. The van der Waals surface area contributed by atoms with Gasteiger partial charge in [0, 0.05) is 12.2 Å². The summed E-state index contributed by atoms with van der Waals surface area (Å²) in [6.07, 6.45) is 0.996. The second-order valence-corrected chi connectivity index (χ2v) is 3.73. The van der Waals surface area contributed by atoms with E-state index in [2.05, 4.69) is 11.8 Å². The largest absolute Gasteiger partial charge is 0.467 e. The molecule has 1 rings (SSSR count). The quantitative estimate of drug-likeness (QED) is 0.715. The van der Waals surface area contributed by atoms with Gasteiger partial charge in [0.15, 0.2) is 0 Å². The van der Waals surface area contributed by atoms with E-state index in [-0.39, 0.29) is 12.0 Å². The fourth-order valence-electron chi connectivity index (χ4n) is 1.70. The third-order valence-corrected chi connectivity index (χ3v) is 2.56. The van der Waals surface area contributed by atoms with Gasteiger partial charge in [0.2, 0.25) is 0 Å². The van der Waals surface area contributed by atoms with Crippen molar-refractivity contribution in [2.45, 2.75) is 26.3 Å². The number of rotatable bonds is 5. The van der Waals surface area contributed by atoms with E-state index in [0.29, 0.717) is 0 Å². The van der Waals surface area contributed by atoms with Crippen LogP contribution in [0.3, 0.4) is 0 Å². The number of hydrogen-bond acceptors (Lipinski definition) is 3. The molecule has 0 heterocycles. The fraction of sp³-hybridized carbons (Fsp3) is 0.462. The van der Waals surface area contributed by atoms with Gasteiger partial charge in [-0.1, -0.05) is 25.1 Å². The summed E-state index contributed by atoms with van der Waals surface area (Å²) >= 11 is 0. The Morgan fingerprint density at radius 1 is 1.38 bits per heavy atom. The molecule has 0 fully saturated rings. The Bertz CT molecular complexity index is 324. The van der Waals surface area contributed by atoms with Crippen molar-refractivity contribution in [1.29, 1.82) is 0 Å². The maximum atomic E-state index is 11.5. The molecule has 0 aliphatic carbocycles. The van der Waals surface area contributed by atoms with Crippen LogP contribution in [0.15, 0.2) is 30.3 Å². The molecule has 1 aromatic carbocycles. The van der Waals surface area contributed by atoms with Crippen LogP contribution in [-0.2, 0) is 9.53 Å². The molecule has 0 aromatic heterocycles. The summed E-state index contributed by atoms with van der Waals surface area (Å²) in [7, 11) is 1.42. The summed E-state index contributed by atoms with van der Waals surface area (Å²) in [6, 6.07) is 9.69. The molecule has 16 heavy (non-hydrogen) atoms. The van der Waals surface area contributed by atoms with E-state index in [1.54, 1.807) is 0 Å². The number of benzene rings is 1. The van der Waals surface area contributed by atoms with Gasteiger partial charge in [0.25, 0.3) is 0 Å². The van der Waals surface area contributed by atoms with Crippen molar-refractivity contribution in [2.24, 2.45) is 0 Å². The van der Waals surface area contributed by atoms with Crippen molar-refractivity contribution in [1.82, 2.24) is 0 Å². The van der Waals surface area contributed by atoms with Gasteiger partial charge in [-0.25, -0.2) is 4.79 Å². The number of para-hydroxylation sites is 1. The maximum Gasteiger partial charge on any atom is 0.328 e. The van der Waals surface area contributed by atoms with Crippen LogP contribution in [0.4, 0.5) is 5.69 Å². The molecular weight excluding hydrogens is 202 g/mol. The Balaban J connectivity index is 2.86. The van der Waals surface area contributed by atoms with E-state index in [1.807, 2.05) is 37.3 Å². The number of anilines is 1. The monoisotopic (exact) mass is 221 g/mol. The van der Waals surface area contributed by atoms with Gasteiger partial charge in [0.1, 0.15) is 6.04 Å². The smallest absolute Gasteiger partial charge is 0.328 e. The Morgan fingerprint density at radius 2 is 2.00 bits per heavy atom. The van der Waals surface area contributed by atoms with Crippen molar-refractivity contribution in [3.63, 3.8) is 0 Å². The van der Waals surface area contributed by atoms with Gasteiger partial charge >= 0.3 is 5.97 Å². The summed E-state index contributed by atoms with van der Waals surface area (Å²) in [5.41, 5.74) is 1.06. The zero-order valence-electron chi connectivity index (χ0n) is 10.1. The van der Waals surface area contributed by atoms with Crippen LogP contribution in [0.25, 0.3) is 0 Å². The zero-order chi connectivity index (χ0) is 12.0. The summed E-state index contributed by atoms with van der Waals surface area (Å²) in [6.45, 7) is 4.81. The first-order chi connectivity index (χ1) is 7.70. The van der Waals surface area contributed by atoms with Crippen molar-refractivity contribution in [2.75, 3.05) is 18.6 Å². The third-order valence-electron chi connectivity index (χ3n) is 2.56. The van der Waals surface area contributed by atoms with E-state index in [4.69, 9.17) is 4.74 Å². The lowest BCUT2D eigenvalue weighted by Crippen LogP contribution is -2.40. The topological polar surface area (TPSA) is 29.5 Å². The van der Waals surface area contributed by atoms with Gasteiger partial charge in [0.05, 0.1) is 7.11 Å². The van der Waals surface area contributed by atoms with Crippen molar-refractivity contribution < 1.29 is 9.53 Å². The first-order valence-corrected chi connectivity index (χ1v) is 5.60. The van der Waals surface area contributed by atoms with Crippen molar-refractivity contribution in [3.05, 3.63) is 30.3 Å². The van der Waals surface area contributed by atoms with Crippen LogP contribution in [0.1, 0.15) is 20.3 Å². The Morgan fingerprint density at radius 3 is 2.50 bits per heavy atom. The highest BCUT2D eigenvalue weighted by Gasteiger charge is 2.21. The molecule has 0 aliphatic rings. The molecule has 88 valence electrons. The van der Waals surface area contributed by atoms with E-state index in [0.717, 1.165) is 18.7 Å². The summed E-state index contributed by atoms with van der Waals surface area (Å²) in [5, 5.41) is 0. The Hall–Kier alpha value is -1.51. The molecule has 3 nitrogen and oxygen atoms in total. The maximum absolute atomic E-state index is 11.5. The molecule has 0 spiro atoms. The number of esters is 1. The van der Waals surface area contributed by atoms with Gasteiger partial charge in [-0.3, -0.25) is 0 Å². The normalized spacial score (nSPS) is 11.9. The SMILES string of the molecule is CCCN(c1ccccc1)C(C)C(=O)OC. The Kier molecular flexibility index (Phi) is 4.83. The number of nitrogens with zero attached hydrogens (tertiary/aromatic N) is 1. The number of ether oxygens (including phenoxy) is 1. The molecule has 0 saturated carbocycles. The van der Waals surface area contributed by atoms with Gasteiger partial charge < -0.3 is 9.64 Å². The molecule has 0 N–H and O–H groups in total. The van der Waals surface area contributed by atoms with Gasteiger partial charge in [-0.2, -0.15) is 0 Å². The summed E-state index contributed by atoms with van der Waals surface area (Å²) in [5.74, 6) is -0.197. The highest BCUT2D eigenvalue weighted by molar-refractivity contribution is 5.79. The fourth-order valence-corrected chi connectivity index (χ4v) is 1.70. The number of carbonyl (C=O) groups excluding carboxylic acids is 1. The predicted octanol–water partition coefficient (Wildman–Crippen LogP) is 2.46. The average molecular weight is 221 g/mol. The lowest BCUT2D eigenvalue weighted by molar-refractivity contribution is -0.141. The summed E-state index contributed by atoms with van der Waals surface area (Å²) in [4.78, 5) is 13.6. The Labute approximate surface area is 97.0 Å². The third kappa shape index (κ3) is 2.99. The molecule has 1 aromatic rings. The molecule has 3 heteroatoms. The number of hydrogen-bond donors (Lipinski definition) is 0. The van der Waals surface area contributed by atoms with Crippen LogP contribution in [0, 0.1) is 0 Å². The first kappa shape index (κ1) is 12.6. The molecule has 0 radical (unpaired) electrons. The molecule has 0 aliphatic heterocycles. The van der Waals surface area contributed by atoms with E-state index in [1.165, 1.54) is 7.11 Å². The van der Waals surface area contributed by atoms with Gasteiger partial charge in [-0.15, -0.1) is 0 Å².